The Hall–Kier alpha value is -0.350. The summed E-state index contributed by atoms with van der Waals surface area (Å²) < 4.78 is -0.473. The molecular formula is C10H14BrNOS. The minimum absolute atomic E-state index is 0.103. The Labute approximate surface area is 97.1 Å². The van der Waals surface area contributed by atoms with Gasteiger partial charge in [0.05, 0.1) is 10.9 Å². The molecule has 0 aromatic carbocycles. The Balaban J connectivity index is 2.59. The number of alkyl halides is 1. The van der Waals surface area contributed by atoms with Crippen LogP contribution in [0.1, 0.15) is 18.7 Å². The number of hydrogen-bond acceptors (Lipinski definition) is 2. The van der Waals surface area contributed by atoms with Gasteiger partial charge >= 0.3 is 0 Å². The van der Waals surface area contributed by atoms with Crippen molar-refractivity contribution < 1.29 is 4.79 Å². The Kier molecular flexibility index (Phi) is 3.72. The summed E-state index contributed by atoms with van der Waals surface area (Å²) in [7, 11) is 1.82. The van der Waals surface area contributed by atoms with E-state index in [4.69, 9.17) is 0 Å². The summed E-state index contributed by atoms with van der Waals surface area (Å²) in [5, 5.41) is 2.02. The van der Waals surface area contributed by atoms with Gasteiger partial charge in [0.2, 0.25) is 5.91 Å². The molecule has 1 amide bonds. The van der Waals surface area contributed by atoms with E-state index < -0.39 is 4.32 Å². The molecule has 0 saturated carbocycles. The highest BCUT2D eigenvalue weighted by Gasteiger charge is 2.26. The number of amides is 1. The maximum absolute atomic E-state index is 11.8. The third kappa shape index (κ3) is 3.10. The average Bonchev–Trinajstić information content (AvgIpc) is 2.53. The summed E-state index contributed by atoms with van der Waals surface area (Å²) >= 11 is 5.03. The van der Waals surface area contributed by atoms with Gasteiger partial charge < -0.3 is 4.90 Å². The van der Waals surface area contributed by atoms with E-state index in [9.17, 15) is 4.79 Å². The molecule has 1 aromatic heterocycles. The Morgan fingerprint density at radius 2 is 2.29 bits per heavy atom. The predicted molar refractivity (Wildman–Crippen MR) is 63.8 cm³/mol. The Morgan fingerprint density at radius 1 is 1.64 bits per heavy atom. The quantitative estimate of drug-likeness (QED) is 0.777. The first kappa shape index (κ1) is 11.7. The molecule has 0 atom stereocenters. The lowest BCUT2D eigenvalue weighted by Crippen LogP contribution is -2.38. The molecular weight excluding hydrogens is 262 g/mol. The molecule has 2 nitrogen and oxygen atoms in total. The number of halogens is 1. The van der Waals surface area contributed by atoms with Gasteiger partial charge in [-0.15, -0.1) is 11.3 Å². The highest BCUT2D eigenvalue weighted by molar-refractivity contribution is 9.10. The Bertz CT molecular complexity index is 302. The van der Waals surface area contributed by atoms with E-state index in [2.05, 4.69) is 15.9 Å². The second kappa shape index (κ2) is 4.45. The molecule has 0 N–H and O–H groups in total. The van der Waals surface area contributed by atoms with Gasteiger partial charge in [0, 0.05) is 11.9 Å². The van der Waals surface area contributed by atoms with Crippen molar-refractivity contribution in [1.82, 2.24) is 4.90 Å². The van der Waals surface area contributed by atoms with Gasteiger partial charge in [-0.2, -0.15) is 0 Å². The van der Waals surface area contributed by atoms with Crippen LogP contribution in [0, 0.1) is 0 Å². The molecule has 0 fully saturated rings. The molecule has 0 unspecified atom stereocenters. The molecule has 1 heterocycles. The van der Waals surface area contributed by atoms with Gasteiger partial charge in [-0.25, -0.2) is 0 Å². The van der Waals surface area contributed by atoms with Crippen LogP contribution in [0.4, 0.5) is 0 Å². The second-order valence-electron chi connectivity index (χ2n) is 3.71. The molecule has 0 bridgehead atoms. The van der Waals surface area contributed by atoms with E-state index in [1.54, 1.807) is 16.2 Å². The number of carbonyl (C=O) groups is 1. The summed E-state index contributed by atoms with van der Waals surface area (Å²) in [5.41, 5.74) is 0. The predicted octanol–water partition coefficient (Wildman–Crippen LogP) is 2.88. The van der Waals surface area contributed by atoms with Crippen LogP contribution in [0.5, 0.6) is 0 Å². The van der Waals surface area contributed by atoms with Crippen molar-refractivity contribution in [3.63, 3.8) is 0 Å². The van der Waals surface area contributed by atoms with Crippen LogP contribution in [0.3, 0.4) is 0 Å². The van der Waals surface area contributed by atoms with E-state index in [1.165, 1.54) is 4.88 Å². The van der Waals surface area contributed by atoms with Crippen LogP contribution in [-0.4, -0.2) is 22.2 Å². The molecule has 78 valence electrons. The van der Waals surface area contributed by atoms with Gasteiger partial charge in [0.1, 0.15) is 0 Å². The summed E-state index contributed by atoms with van der Waals surface area (Å²) in [6.45, 7) is 4.41. The molecule has 0 radical (unpaired) electrons. The maximum Gasteiger partial charge on any atom is 0.238 e. The SMILES string of the molecule is CN(Cc1cccs1)C(=O)C(C)(C)Br. The molecule has 1 aromatic rings. The van der Waals surface area contributed by atoms with Gasteiger partial charge in [-0.1, -0.05) is 22.0 Å². The lowest BCUT2D eigenvalue weighted by Gasteiger charge is -2.24. The average molecular weight is 276 g/mol. The zero-order chi connectivity index (χ0) is 10.8. The van der Waals surface area contributed by atoms with Gasteiger partial charge in [0.15, 0.2) is 0 Å². The molecule has 0 saturated heterocycles. The first-order chi connectivity index (χ1) is 6.41. The fourth-order valence-electron chi connectivity index (χ4n) is 1.16. The second-order valence-corrected chi connectivity index (χ2v) is 6.73. The minimum Gasteiger partial charge on any atom is -0.339 e. The smallest absolute Gasteiger partial charge is 0.238 e. The highest BCUT2D eigenvalue weighted by Crippen LogP contribution is 2.20. The van der Waals surface area contributed by atoms with Crippen molar-refractivity contribution in [2.24, 2.45) is 0 Å². The van der Waals surface area contributed by atoms with Crippen molar-refractivity contribution in [2.75, 3.05) is 7.05 Å². The molecule has 1 rings (SSSR count). The standard InChI is InChI=1S/C10H14BrNOS/c1-10(2,11)9(13)12(3)7-8-5-4-6-14-8/h4-6H,7H2,1-3H3. The van der Waals surface area contributed by atoms with Crippen LogP contribution in [0.15, 0.2) is 17.5 Å². The summed E-state index contributed by atoms with van der Waals surface area (Å²) in [4.78, 5) is 14.7. The summed E-state index contributed by atoms with van der Waals surface area (Å²) in [5.74, 6) is 0.103. The normalized spacial score (nSPS) is 11.4. The monoisotopic (exact) mass is 275 g/mol. The van der Waals surface area contributed by atoms with Crippen molar-refractivity contribution in [3.8, 4) is 0 Å². The molecule has 0 aliphatic carbocycles. The van der Waals surface area contributed by atoms with Crippen molar-refractivity contribution in [3.05, 3.63) is 22.4 Å². The summed E-state index contributed by atoms with van der Waals surface area (Å²) in [6.07, 6.45) is 0. The lowest BCUT2D eigenvalue weighted by atomic mass is 10.2. The third-order valence-corrected chi connectivity index (χ3v) is 3.03. The number of carbonyl (C=O) groups excluding carboxylic acids is 1. The third-order valence-electron chi connectivity index (χ3n) is 1.83. The molecule has 0 aliphatic heterocycles. The van der Waals surface area contributed by atoms with Crippen molar-refractivity contribution >= 4 is 33.2 Å². The van der Waals surface area contributed by atoms with Crippen LogP contribution in [-0.2, 0) is 11.3 Å². The first-order valence-corrected chi connectivity index (χ1v) is 6.05. The molecule has 0 spiro atoms. The number of nitrogens with zero attached hydrogens (tertiary/aromatic N) is 1. The maximum atomic E-state index is 11.8. The van der Waals surface area contributed by atoms with Crippen LogP contribution in [0.2, 0.25) is 0 Å². The topological polar surface area (TPSA) is 20.3 Å². The van der Waals surface area contributed by atoms with E-state index in [-0.39, 0.29) is 5.91 Å². The lowest BCUT2D eigenvalue weighted by molar-refractivity contribution is -0.131. The van der Waals surface area contributed by atoms with Crippen LogP contribution in [0.25, 0.3) is 0 Å². The fraction of sp³-hybridized carbons (Fsp3) is 0.500. The van der Waals surface area contributed by atoms with E-state index in [0.717, 1.165) is 0 Å². The number of thiophene rings is 1. The van der Waals surface area contributed by atoms with E-state index in [1.807, 2.05) is 38.4 Å². The van der Waals surface area contributed by atoms with E-state index in [0.29, 0.717) is 6.54 Å². The minimum atomic E-state index is -0.473. The summed E-state index contributed by atoms with van der Waals surface area (Å²) in [6, 6.07) is 4.03. The number of rotatable bonds is 3. The highest BCUT2D eigenvalue weighted by atomic mass is 79.9. The first-order valence-electron chi connectivity index (χ1n) is 4.38. The van der Waals surface area contributed by atoms with Gasteiger partial charge in [0.25, 0.3) is 0 Å². The Morgan fingerprint density at radius 3 is 2.71 bits per heavy atom. The largest absolute Gasteiger partial charge is 0.339 e. The van der Waals surface area contributed by atoms with Gasteiger partial charge in [-0.05, 0) is 25.3 Å². The van der Waals surface area contributed by atoms with Crippen LogP contribution < -0.4 is 0 Å². The molecule has 0 aliphatic rings. The van der Waals surface area contributed by atoms with E-state index >= 15 is 0 Å². The zero-order valence-corrected chi connectivity index (χ0v) is 11.0. The van der Waals surface area contributed by atoms with Crippen molar-refractivity contribution in [1.29, 1.82) is 0 Å². The van der Waals surface area contributed by atoms with Crippen molar-refractivity contribution in [2.45, 2.75) is 24.7 Å². The molecule has 4 heteroatoms. The van der Waals surface area contributed by atoms with Gasteiger partial charge in [-0.3, -0.25) is 4.79 Å². The number of hydrogen-bond donors (Lipinski definition) is 0. The fourth-order valence-corrected chi connectivity index (χ4v) is 2.22. The van der Waals surface area contributed by atoms with Crippen LogP contribution >= 0.6 is 27.3 Å². The zero-order valence-electron chi connectivity index (χ0n) is 8.58. The molecule has 14 heavy (non-hydrogen) atoms.